The van der Waals surface area contributed by atoms with Crippen molar-refractivity contribution < 1.29 is 0 Å². The summed E-state index contributed by atoms with van der Waals surface area (Å²) in [5.74, 6) is 0. The molecule has 15 heavy (non-hydrogen) atoms. The van der Waals surface area contributed by atoms with E-state index in [1.54, 1.807) is 12.3 Å². The second-order valence-corrected chi connectivity index (χ2v) is 4.42. The maximum Gasteiger partial charge on any atom is 0.140 e. The molecule has 3 nitrogen and oxygen atoms in total. The average molecular weight is 203 g/mol. The fraction of sp³-hybridized carbons (Fsp3) is 0.500. The van der Waals surface area contributed by atoms with Gasteiger partial charge in [0.05, 0.1) is 11.9 Å². The van der Waals surface area contributed by atoms with Gasteiger partial charge in [-0.2, -0.15) is 5.26 Å². The van der Waals surface area contributed by atoms with Crippen LogP contribution in [0.4, 0.5) is 5.69 Å². The molecular weight excluding hydrogens is 186 g/mol. The molecule has 0 radical (unpaired) electrons. The van der Waals surface area contributed by atoms with Gasteiger partial charge in [-0.3, -0.25) is 0 Å². The molecule has 1 aromatic heterocycles. The van der Waals surface area contributed by atoms with Gasteiger partial charge in [-0.15, -0.1) is 0 Å². The van der Waals surface area contributed by atoms with E-state index in [9.17, 15) is 0 Å². The van der Waals surface area contributed by atoms with Gasteiger partial charge >= 0.3 is 0 Å². The summed E-state index contributed by atoms with van der Waals surface area (Å²) in [6.45, 7) is 7.53. The fourth-order valence-electron chi connectivity index (χ4n) is 1.03. The number of nitriles is 1. The van der Waals surface area contributed by atoms with E-state index in [2.05, 4.69) is 31.1 Å². The highest BCUT2D eigenvalue weighted by Crippen LogP contribution is 2.20. The van der Waals surface area contributed by atoms with Gasteiger partial charge in [-0.25, -0.2) is 4.98 Å². The van der Waals surface area contributed by atoms with Gasteiger partial charge < -0.3 is 5.32 Å². The summed E-state index contributed by atoms with van der Waals surface area (Å²) in [7, 11) is 0. The number of nitrogens with one attached hydrogen (secondary N) is 1. The lowest BCUT2D eigenvalue weighted by molar-refractivity contribution is 0.377. The smallest absolute Gasteiger partial charge is 0.140 e. The van der Waals surface area contributed by atoms with Crippen molar-refractivity contribution >= 4 is 5.69 Å². The van der Waals surface area contributed by atoms with Crippen LogP contribution in [-0.2, 0) is 0 Å². The third-order valence-corrected chi connectivity index (χ3v) is 2.61. The van der Waals surface area contributed by atoms with Crippen molar-refractivity contribution in [2.24, 2.45) is 5.41 Å². The summed E-state index contributed by atoms with van der Waals surface area (Å²) in [5, 5.41) is 11.9. The number of rotatable bonds is 4. The molecule has 0 aliphatic rings. The van der Waals surface area contributed by atoms with Crippen LogP contribution < -0.4 is 5.32 Å². The summed E-state index contributed by atoms with van der Waals surface area (Å²) in [6.07, 6.45) is 2.83. The third-order valence-electron chi connectivity index (χ3n) is 2.61. The Bertz CT molecular complexity index is 346. The van der Waals surface area contributed by atoms with Crippen molar-refractivity contribution in [3.63, 3.8) is 0 Å². The number of hydrogen-bond acceptors (Lipinski definition) is 3. The SMILES string of the molecule is CCC(C)(C)CNc1ccc(C#N)nc1. The maximum atomic E-state index is 8.59. The van der Waals surface area contributed by atoms with Gasteiger partial charge in [0.15, 0.2) is 0 Å². The van der Waals surface area contributed by atoms with Crippen LogP contribution in [0.2, 0.25) is 0 Å². The van der Waals surface area contributed by atoms with Crippen LogP contribution in [0, 0.1) is 16.7 Å². The van der Waals surface area contributed by atoms with E-state index in [-0.39, 0.29) is 5.41 Å². The van der Waals surface area contributed by atoms with Crippen LogP contribution in [0.3, 0.4) is 0 Å². The van der Waals surface area contributed by atoms with Crippen LogP contribution in [-0.4, -0.2) is 11.5 Å². The predicted octanol–water partition coefficient (Wildman–Crippen LogP) is 2.80. The summed E-state index contributed by atoms with van der Waals surface area (Å²) in [5.41, 5.74) is 1.71. The average Bonchev–Trinajstić information content (AvgIpc) is 2.27. The van der Waals surface area contributed by atoms with Gasteiger partial charge in [-0.05, 0) is 24.0 Å². The predicted molar refractivity (Wildman–Crippen MR) is 61.5 cm³/mol. The third kappa shape index (κ3) is 3.59. The van der Waals surface area contributed by atoms with Crippen molar-refractivity contribution in [2.45, 2.75) is 27.2 Å². The van der Waals surface area contributed by atoms with Gasteiger partial charge in [0, 0.05) is 6.54 Å². The first kappa shape index (κ1) is 11.5. The molecule has 0 atom stereocenters. The zero-order valence-electron chi connectivity index (χ0n) is 9.54. The quantitative estimate of drug-likeness (QED) is 0.818. The molecule has 80 valence electrons. The molecule has 1 aromatic rings. The van der Waals surface area contributed by atoms with Gasteiger partial charge in [0.25, 0.3) is 0 Å². The van der Waals surface area contributed by atoms with Crippen LogP contribution >= 0.6 is 0 Å². The molecule has 0 saturated carbocycles. The summed E-state index contributed by atoms with van der Waals surface area (Å²) >= 11 is 0. The first-order chi connectivity index (χ1) is 7.07. The molecule has 0 bridgehead atoms. The highest BCUT2D eigenvalue weighted by atomic mass is 14.9. The van der Waals surface area contributed by atoms with Gasteiger partial charge in [0.1, 0.15) is 11.8 Å². The summed E-state index contributed by atoms with van der Waals surface area (Å²) < 4.78 is 0. The first-order valence-electron chi connectivity index (χ1n) is 5.17. The number of nitrogens with zero attached hydrogens (tertiary/aromatic N) is 2. The molecule has 1 rings (SSSR count). The Hall–Kier alpha value is -1.56. The number of anilines is 1. The van der Waals surface area contributed by atoms with Crippen LogP contribution in [0.1, 0.15) is 32.9 Å². The van der Waals surface area contributed by atoms with Crippen molar-refractivity contribution in [3.8, 4) is 6.07 Å². The minimum atomic E-state index is 0.286. The Morgan fingerprint density at radius 1 is 1.47 bits per heavy atom. The lowest BCUT2D eigenvalue weighted by Crippen LogP contribution is -2.21. The molecule has 0 unspecified atom stereocenters. The topological polar surface area (TPSA) is 48.7 Å². The Morgan fingerprint density at radius 3 is 2.67 bits per heavy atom. The summed E-state index contributed by atoms with van der Waals surface area (Å²) in [6, 6.07) is 5.61. The number of pyridine rings is 1. The standard InChI is InChI=1S/C12H17N3/c1-4-12(2,3)9-15-11-6-5-10(7-13)14-8-11/h5-6,8,15H,4,9H2,1-3H3. The molecule has 1 N–H and O–H groups in total. The lowest BCUT2D eigenvalue weighted by atomic mass is 9.90. The fourth-order valence-corrected chi connectivity index (χ4v) is 1.03. The molecule has 0 spiro atoms. The van der Waals surface area contributed by atoms with Crippen molar-refractivity contribution in [1.29, 1.82) is 5.26 Å². The molecule has 0 amide bonds. The monoisotopic (exact) mass is 203 g/mol. The zero-order chi connectivity index (χ0) is 11.3. The normalized spacial score (nSPS) is 10.8. The van der Waals surface area contributed by atoms with Crippen LogP contribution in [0.5, 0.6) is 0 Å². The van der Waals surface area contributed by atoms with Crippen LogP contribution in [0.15, 0.2) is 18.3 Å². The highest BCUT2D eigenvalue weighted by molar-refractivity contribution is 5.42. The second kappa shape index (κ2) is 4.79. The van der Waals surface area contributed by atoms with Crippen molar-refractivity contribution in [2.75, 3.05) is 11.9 Å². The van der Waals surface area contributed by atoms with E-state index < -0.39 is 0 Å². The second-order valence-electron chi connectivity index (χ2n) is 4.42. The largest absolute Gasteiger partial charge is 0.383 e. The molecule has 0 aliphatic carbocycles. The molecule has 0 aromatic carbocycles. The lowest BCUT2D eigenvalue weighted by Gasteiger charge is -2.23. The van der Waals surface area contributed by atoms with Gasteiger partial charge in [-0.1, -0.05) is 20.8 Å². The number of hydrogen-bond donors (Lipinski definition) is 1. The molecule has 0 fully saturated rings. The van der Waals surface area contributed by atoms with E-state index in [4.69, 9.17) is 5.26 Å². The molecule has 3 heteroatoms. The minimum Gasteiger partial charge on any atom is -0.383 e. The van der Waals surface area contributed by atoms with Gasteiger partial charge in [0.2, 0.25) is 0 Å². The summed E-state index contributed by atoms with van der Waals surface area (Å²) in [4.78, 5) is 4.00. The molecule has 1 heterocycles. The maximum absolute atomic E-state index is 8.59. The minimum absolute atomic E-state index is 0.286. The van der Waals surface area contributed by atoms with E-state index in [0.717, 1.165) is 18.7 Å². The Morgan fingerprint density at radius 2 is 2.20 bits per heavy atom. The van der Waals surface area contributed by atoms with E-state index in [1.165, 1.54) is 0 Å². The highest BCUT2D eigenvalue weighted by Gasteiger charge is 2.14. The van der Waals surface area contributed by atoms with E-state index >= 15 is 0 Å². The van der Waals surface area contributed by atoms with Crippen LogP contribution in [0.25, 0.3) is 0 Å². The zero-order valence-corrected chi connectivity index (χ0v) is 9.54. The molecule has 0 saturated heterocycles. The van der Waals surface area contributed by atoms with Crippen molar-refractivity contribution in [3.05, 3.63) is 24.0 Å². The first-order valence-corrected chi connectivity index (χ1v) is 5.17. The molecule has 0 aliphatic heterocycles. The van der Waals surface area contributed by atoms with E-state index in [1.807, 2.05) is 12.1 Å². The number of aromatic nitrogens is 1. The Labute approximate surface area is 91.1 Å². The Balaban J connectivity index is 2.56. The molecular formula is C12H17N3. The van der Waals surface area contributed by atoms with Crippen molar-refractivity contribution in [1.82, 2.24) is 4.98 Å². The Kier molecular flexibility index (Phi) is 3.68. The van der Waals surface area contributed by atoms with E-state index in [0.29, 0.717) is 5.69 Å².